The van der Waals surface area contributed by atoms with Crippen LogP contribution in [0.25, 0.3) is 0 Å². The van der Waals surface area contributed by atoms with Gasteiger partial charge in [0, 0.05) is 5.57 Å². The Labute approximate surface area is 68.8 Å². The molecule has 1 aliphatic rings. The molecule has 1 atom stereocenters. The summed E-state index contributed by atoms with van der Waals surface area (Å²) >= 11 is 1.21. The number of Topliss-reactive ketones (excluding diaryl/α,β-unsaturated/α-hetero) is 1. The minimum Gasteiger partial charge on any atom is -0.468 e. The zero-order valence-electron chi connectivity index (χ0n) is 6.29. The van der Waals surface area contributed by atoms with Gasteiger partial charge < -0.3 is 4.74 Å². The van der Waals surface area contributed by atoms with Crippen molar-refractivity contribution in [3.8, 4) is 0 Å². The Balaban J connectivity index is 2.68. The quantitative estimate of drug-likeness (QED) is 0.432. The van der Waals surface area contributed by atoms with Crippen molar-refractivity contribution in [2.45, 2.75) is 12.2 Å². The fourth-order valence-electron chi connectivity index (χ4n) is 0.766. The highest BCUT2D eigenvalue weighted by atomic mass is 32.2. The van der Waals surface area contributed by atoms with Gasteiger partial charge in [0.1, 0.15) is 0 Å². The van der Waals surface area contributed by atoms with Crippen LogP contribution in [-0.2, 0) is 14.3 Å². The first-order valence-electron chi connectivity index (χ1n) is 3.11. The van der Waals surface area contributed by atoms with Crippen molar-refractivity contribution in [3.05, 3.63) is 11.0 Å². The predicted molar refractivity (Wildman–Crippen MR) is 42.2 cm³/mol. The Morgan fingerprint density at radius 1 is 1.73 bits per heavy atom. The second kappa shape index (κ2) is 3.09. The number of carbonyl (C=O) groups is 2. The van der Waals surface area contributed by atoms with Crippen LogP contribution >= 0.6 is 11.8 Å². The van der Waals surface area contributed by atoms with E-state index in [0.717, 1.165) is 0 Å². The Morgan fingerprint density at radius 2 is 2.36 bits per heavy atom. The Morgan fingerprint density at radius 3 is 2.73 bits per heavy atom. The number of hydrogen-bond donors (Lipinski definition) is 0. The first kappa shape index (κ1) is 8.33. The van der Waals surface area contributed by atoms with Crippen molar-refractivity contribution in [1.82, 2.24) is 0 Å². The smallest absolute Gasteiger partial charge is 0.327 e. The minimum absolute atomic E-state index is 0.137. The van der Waals surface area contributed by atoms with Gasteiger partial charge in [0.2, 0.25) is 0 Å². The number of carbonyl (C=O) groups excluding carboxylic acids is 2. The molecule has 0 spiro atoms. The maximum Gasteiger partial charge on any atom is 0.327 e. The lowest BCUT2D eigenvalue weighted by Crippen LogP contribution is -2.25. The number of ether oxygens (including phenoxy) is 1. The standard InChI is InChI=1S/C7H8O3S/c1-4-3-11-6(5(4)8)7(9)10-2/h3,6H,1-2H3. The lowest BCUT2D eigenvalue weighted by molar-refractivity contribution is -0.141. The van der Waals surface area contributed by atoms with Crippen LogP contribution in [0.4, 0.5) is 0 Å². The largest absolute Gasteiger partial charge is 0.468 e. The Kier molecular flexibility index (Phi) is 2.34. The zero-order chi connectivity index (χ0) is 8.43. The fourth-order valence-corrected chi connectivity index (χ4v) is 1.74. The van der Waals surface area contributed by atoms with Crippen LogP contribution < -0.4 is 0 Å². The highest BCUT2D eigenvalue weighted by Crippen LogP contribution is 2.27. The van der Waals surface area contributed by atoms with E-state index in [-0.39, 0.29) is 5.78 Å². The van der Waals surface area contributed by atoms with Crippen LogP contribution in [0, 0.1) is 0 Å². The van der Waals surface area contributed by atoms with E-state index in [1.807, 2.05) is 0 Å². The second-order valence-corrected chi connectivity index (χ2v) is 3.18. The summed E-state index contributed by atoms with van der Waals surface area (Å²) in [6.45, 7) is 1.69. The molecule has 0 amide bonds. The first-order valence-corrected chi connectivity index (χ1v) is 4.05. The van der Waals surface area contributed by atoms with Gasteiger partial charge in [-0.3, -0.25) is 9.59 Å². The average molecular weight is 172 g/mol. The van der Waals surface area contributed by atoms with Gasteiger partial charge in [0.15, 0.2) is 11.0 Å². The summed E-state index contributed by atoms with van der Waals surface area (Å²) in [6, 6.07) is 0. The van der Waals surface area contributed by atoms with Gasteiger partial charge >= 0.3 is 5.97 Å². The summed E-state index contributed by atoms with van der Waals surface area (Å²) in [5, 5.41) is 1.03. The molecule has 11 heavy (non-hydrogen) atoms. The van der Waals surface area contributed by atoms with E-state index in [0.29, 0.717) is 5.57 Å². The van der Waals surface area contributed by atoms with Crippen LogP contribution in [0.5, 0.6) is 0 Å². The molecule has 0 aromatic carbocycles. The van der Waals surface area contributed by atoms with Crippen LogP contribution in [-0.4, -0.2) is 24.1 Å². The van der Waals surface area contributed by atoms with Crippen molar-refractivity contribution < 1.29 is 14.3 Å². The molecule has 0 N–H and O–H groups in total. The van der Waals surface area contributed by atoms with E-state index in [1.54, 1.807) is 12.3 Å². The normalized spacial score (nSPS) is 23.3. The van der Waals surface area contributed by atoms with Crippen LogP contribution in [0.2, 0.25) is 0 Å². The summed E-state index contributed by atoms with van der Waals surface area (Å²) in [4.78, 5) is 22.0. The zero-order valence-corrected chi connectivity index (χ0v) is 7.10. The molecule has 0 aliphatic carbocycles. The molecule has 0 aromatic heterocycles. The molecule has 3 nitrogen and oxygen atoms in total. The maximum atomic E-state index is 11.1. The monoisotopic (exact) mass is 172 g/mol. The third-order valence-corrected chi connectivity index (χ3v) is 2.59. The summed E-state index contributed by atoms with van der Waals surface area (Å²) in [6.07, 6.45) is 0. The van der Waals surface area contributed by atoms with E-state index in [9.17, 15) is 9.59 Å². The molecule has 0 saturated heterocycles. The predicted octanol–water partition coefficient (Wildman–Crippen LogP) is 0.748. The van der Waals surface area contributed by atoms with E-state index in [1.165, 1.54) is 18.9 Å². The van der Waals surface area contributed by atoms with Crippen molar-refractivity contribution in [1.29, 1.82) is 0 Å². The van der Waals surface area contributed by atoms with Gasteiger partial charge in [0.05, 0.1) is 7.11 Å². The molecule has 0 bridgehead atoms. The summed E-state index contributed by atoms with van der Waals surface area (Å²) in [7, 11) is 1.28. The molecule has 1 unspecified atom stereocenters. The molecule has 0 saturated carbocycles. The fraction of sp³-hybridized carbons (Fsp3) is 0.429. The third kappa shape index (κ3) is 1.45. The first-order chi connectivity index (χ1) is 5.16. The Bertz CT molecular complexity index is 232. The molecule has 1 rings (SSSR count). The second-order valence-electron chi connectivity index (χ2n) is 2.20. The van der Waals surface area contributed by atoms with Gasteiger partial charge in [-0.15, -0.1) is 11.8 Å². The van der Waals surface area contributed by atoms with Crippen molar-refractivity contribution in [2.75, 3.05) is 7.11 Å². The molecule has 1 heterocycles. The maximum absolute atomic E-state index is 11.1. The third-order valence-electron chi connectivity index (χ3n) is 1.42. The summed E-state index contributed by atoms with van der Waals surface area (Å²) in [5.74, 6) is -0.602. The number of hydrogen-bond acceptors (Lipinski definition) is 4. The summed E-state index contributed by atoms with van der Waals surface area (Å²) in [5.41, 5.74) is 0.630. The molecule has 4 heteroatoms. The van der Waals surface area contributed by atoms with Gasteiger partial charge in [-0.2, -0.15) is 0 Å². The van der Waals surface area contributed by atoms with Crippen LogP contribution in [0.1, 0.15) is 6.92 Å². The SMILES string of the molecule is COC(=O)C1SC=C(C)C1=O. The van der Waals surface area contributed by atoms with Crippen molar-refractivity contribution in [2.24, 2.45) is 0 Å². The average Bonchev–Trinajstić information content (AvgIpc) is 2.32. The highest BCUT2D eigenvalue weighted by Gasteiger charge is 2.32. The van der Waals surface area contributed by atoms with E-state index >= 15 is 0 Å². The van der Waals surface area contributed by atoms with Crippen molar-refractivity contribution >= 4 is 23.5 Å². The summed E-state index contributed by atoms with van der Waals surface area (Å²) < 4.78 is 4.44. The molecule has 1 aliphatic heterocycles. The van der Waals surface area contributed by atoms with E-state index in [2.05, 4.69) is 4.74 Å². The number of thioether (sulfide) groups is 1. The lowest BCUT2D eigenvalue weighted by atomic mass is 10.2. The number of esters is 1. The Hall–Kier alpha value is -0.770. The van der Waals surface area contributed by atoms with Gasteiger partial charge in [-0.1, -0.05) is 0 Å². The van der Waals surface area contributed by atoms with E-state index in [4.69, 9.17) is 0 Å². The van der Waals surface area contributed by atoms with E-state index < -0.39 is 11.2 Å². The molecule has 0 radical (unpaired) electrons. The van der Waals surface area contributed by atoms with Gasteiger partial charge in [-0.05, 0) is 12.3 Å². The van der Waals surface area contributed by atoms with Crippen LogP contribution in [0.3, 0.4) is 0 Å². The topological polar surface area (TPSA) is 43.4 Å². The van der Waals surface area contributed by atoms with Gasteiger partial charge in [-0.25, -0.2) is 0 Å². The van der Waals surface area contributed by atoms with Crippen molar-refractivity contribution in [3.63, 3.8) is 0 Å². The number of methoxy groups -OCH3 is 1. The number of allylic oxidation sites excluding steroid dienone is 1. The lowest BCUT2D eigenvalue weighted by Gasteiger charge is -2.03. The molecule has 0 fully saturated rings. The minimum atomic E-state index is -0.653. The van der Waals surface area contributed by atoms with Gasteiger partial charge in [0.25, 0.3) is 0 Å². The highest BCUT2D eigenvalue weighted by molar-refractivity contribution is 8.04. The molecule has 60 valence electrons. The molecular formula is C7H8O3S. The number of rotatable bonds is 1. The number of ketones is 1. The van der Waals surface area contributed by atoms with Crippen LogP contribution in [0.15, 0.2) is 11.0 Å². The molecular weight excluding hydrogens is 164 g/mol. The molecule has 0 aromatic rings.